The van der Waals surface area contributed by atoms with Gasteiger partial charge in [-0.2, -0.15) is 0 Å². The van der Waals surface area contributed by atoms with Crippen molar-refractivity contribution in [3.63, 3.8) is 0 Å². The average Bonchev–Trinajstić information content (AvgIpc) is 2.22. The molecule has 0 aromatic heterocycles. The number of ether oxygens (including phenoxy) is 1. The fourth-order valence-electron chi connectivity index (χ4n) is 1.39. The molecule has 0 aliphatic carbocycles. The fraction of sp³-hybridized carbons (Fsp3) is 0.462. The van der Waals surface area contributed by atoms with Crippen molar-refractivity contribution in [2.45, 2.75) is 13.8 Å². The van der Waals surface area contributed by atoms with Crippen LogP contribution < -0.4 is 4.74 Å². The van der Waals surface area contributed by atoms with Crippen LogP contribution in [0.5, 0.6) is 5.75 Å². The summed E-state index contributed by atoms with van der Waals surface area (Å²) >= 11 is 0. The number of carbonyl (C=O) groups excluding carboxylic acids is 1. The molecule has 0 heterocycles. The van der Waals surface area contributed by atoms with E-state index in [9.17, 15) is 9.18 Å². The number of nitrogens with zero attached hydrogens (tertiary/aromatic N) is 1. The fourth-order valence-corrected chi connectivity index (χ4v) is 1.39. The summed E-state index contributed by atoms with van der Waals surface area (Å²) in [6, 6.07) is 2.81. The second-order valence-corrected chi connectivity index (χ2v) is 4.31. The molecule has 3 nitrogen and oxygen atoms in total. The summed E-state index contributed by atoms with van der Waals surface area (Å²) in [6.07, 6.45) is 0. The van der Waals surface area contributed by atoms with Crippen LogP contribution in [0.4, 0.5) is 4.39 Å². The third-order valence-electron chi connectivity index (χ3n) is 2.44. The van der Waals surface area contributed by atoms with Gasteiger partial charge in [-0.3, -0.25) is 4.79 Å². The first-order chi connectivity index (χ1) is 7.91. The molecular weight excluding hydrogens is 221 g/mol. The molecule has 1 aromatic carbocycles. The van der Waals surface area contributed by atoms with Gasteiger partial charge in [0.05, 0.1) is 5.56 Å². The Kier molecular flexibility index (Phi) is 4.63. The summed E-state index contributed by atoms with van der Waals surface area (Å²) in [6.45, 7) is 4.27. The van der Waals surface area contributed by atoms with Crippen molar-refractivity contribution >= 4 is 5.78 Å². The molecule has 4 heteroatoms. The van der Waals surface area contributed by atoms with E-state index >= 15 is 0 Å². The zero-order valence-electron chi connectivity index (χ0n) is 10.7. The number of ketones is 1. The molecule has 0 saturated carbocycles. The van der Waals surface area contributed by atoms with Crippen molar-refractivity contribution in [2.75, 3.05) is 27.2 Å². The summed E-state index contributed by atoms with van der Waals surface area (Å²) in [7, 11) is 3.87. The number of halogens is 1. The van der Waals surface area contributed by atoms with E-state index in [0.29, 0.717) is 23.5 Å². The van der Waals surface area contributed by atoms with Crippen molar-refractivity contribution < 1.29 is 13.9 Å². The molecule has 0 unspecified atom stereocenters. The highest BCUT2D eigenvalue weighted by Gasteiger charge is 2.12. The lowest BCUT2D eigenvalue weighted by molar-refractivity contribution is 0.101. The van der Waals surface area contributed by atoms with Crippen LogP contribution in [-0.2, 0) is 0 Å². The highest BCUT2D eigenvalue weighted by molar-refractivity contribution is 5.96. The average molecular weight is 239 g/mol. The lowest BCUT2D eigenvalue weighted by atomic mass is 10.1. The lowest BCUT2D eigenvalue weighted by Crippen LogP contribution is -2.20. The molecule has 0 fully saturated rings. The van der Waals surface area contributed by atoms with Crippen LogP contribution in [0.15, 0.2) is 12.1 Å². The molecular formula is C13H18FNO2. The van der Waals surface area contributed by atoms with Crippen LogP contribution in [-0.4, -0.2) is 37.9 Å². The first-order valence-corrected chi connectivity index (χ1v) is 5.50. The van der Waals surface area contributed by atoms with Crippen molar-refractivity contribution in [3.8, 4) is 5.75 Å². The second-order valence-electron chi connectivity index (χ2n) is 4.31. The number of rotatable bonds is 5. The van der Waals surface area contributed by atoms with Gasteiger partial charge in [-0.15, -0.1) is 0 Å². The van der Waals surface area contributed by atoms with Gasteiger partial charge < -0.3 is 9.64 Å². The third kappa shape index (κ3) is 3.82. The van der Waals surface area contributed by atoms with Crippen LogP contribution in [0.3, 0.4) is 0 Å². The third-order valence-corrected chi connectivity index (χ3v) is 2.44. The van der Waals surface area contributed by atoms with E-state index in [2.05, 4.69) is 0 Å². The van der Waals surface area contributed by atoms with Crippen LogP contribution in [0, 0.1) is 12.7 Å². The predicted molar refractivity (Wildman–Crippen MR) is 65.2 cm³/mol. The Morgan fingerprint density at radius 1 is 1.41 bits per heavy atom. The Hall–Kier alpha value is -1.42. The molecule has 0 aliphatic rings. The first-order valence-electron chi connectivity index (χ1n) is 5.50. The topological polar surface area (TPSA) is 29.5 Å². The predicted octanol–water partition coefficient (Wildman–Crippen LogP) is 2.28. The number of hydrogen-bond donors (Lipinski definition) is 0. The maximum Gasteiger partial charge on any atom is 0.163 e. The summed E-state index contributed by atoms with van der Waals surface area (Å²) < 4.78 is 18.9. The zero-order chi connectivity index (χ0) is 13.0. The number of aryl methyl sites for hydroxylation is 1. The molecule has 0 radical (unpaired) electrons. The minimum atomic E-state index is -0.379. The Bertz CT molecular complexity index is 416. The van der Waals surface area contributed by atoms with Crippen LogP contribution in [0.25, 0.3) is 0 Å². The highest BCUT2D eigenvalue weighted by atomic mass is 19.1. The number of carbonyl (C=O) groups is 1. The van der Waals surface area contributed by atoms with Crippen LogP contribution in [0.1, 0.15) is 22.8 Å². The van der Waals surface area contributed by atoms with E-state index in [1.165, 1.54) is 13.0 Å². The molecule has 1 aromatic rings. The van der Waals surface area contributed by atoms with Crippen molar-refractivity contribution in [2.24, 2.45) is 0 Å². The van der Waals surface area contributed by atoms with Gasteiger partial charge in [-0.25, -0.2) is 4.39 Å². The molecule has 0 amide bonds. The van der Waals surface area contributed by atoms with Gasteiger partial charge in [-0.05, 0) is 45.6 Å². The standard InChI is InChI=1S/C13H18FNO2/c1-9-7-13(17-6-5-15(3)4)11(10(2)16)8-12(9)14/h7-8H,5-6H2,1-4H3. The number of hydrogen-bond acceptors (Lipinski definition) is 3. The van der Waals surface area contributed by atoms with Gasteiger partial charge in [0, 0.05) is 6.54 Å². The first kappa shape index (κ1) is 13.6. The molecule has 0 bridgehead atoms. The van der Waals surface area contributed by atoms with E-state index < -0.39 is 0 Å². The molecule has 0 saturated heterocycles. The summed E-state index contributed by atoms with van der Waals surface area (Å²) in [5.74, 6) is -0.114. The van der Waals surface area contributed by atoms with Crippen LogP contribution in [0.2, 0.25) is 0 Å². The SMILES string of the molecule is CC(=O)c1cc(F)c(C)cc1OCCN(C)C. The number of likely N-dealkylation sites (N-methyl/N-ethyl adjacent to an activating group) is 1. The van der Waals surface area contributed by atoms with Gasteiger partial charge in [-0.1, -0.05) is 0 Å². The molecule has 17 heavy (non-hydrogen) atoms. The monoisotopic (exact) mass is 239 g/mol. The van der Waals surface area contributed by atoms with Gasteiger partial charge in [0.25, 0.3) is 0 Å². The summed E-state index contributed by atoms with van der Waals surface area (Å²) in [4.78, 5) is 13.3. The molecule has 0 N–H and O–H groups in total. The number of benzene rings is 1. The minimum Gasteiger partial charge on any atom is -0.491 e. The van der Waals surface area contributed by atoms with Crippen molar-refractivity contribution in [1.29, 1.82) is 0 Å². The van der Waals surface area contributed by atoms with Crippen molar-refractivity contribution in [3.05, 3.63) is 29.1 Å². The molecule has 1 rings (SSSR count). The Balaban J connectivity index is 2.89. The van der Waals surface area contributed by atoms with Gasteiger partial charge in [0.15, 0.2) is 5.78 Å². The quantitative estimate of drug-likeness (QED) is 0.738. The summed E-state index contributed by atoms with van der Waals surface area (Å²) in [5.41, 5.74) is 0.779. The molecule has 94 valence electrons. The highest BCUT2D eigenvalue weighted by Crippen LogP contribution is 2.23. The van der Waals surface area contributed by atoms with Gasteiger partial charge >= 0.3 is 0 Å². The van der Waals surface area contributed by atoms with E-state index in [1.807, 2.05) is 19.0 Å². The van der Waals surface area contributed by atoms with Gasteiger partial charge in [0.1, 0.15) is 18.2 Å². The second kappa shape index (κ2) is 5.77. The lowest BCUT2D eigenvalue weighted by Gasteiger charge is -2.14. The van der Waals surface area contributed by atoms with Crippen LogP contribution >= 0.6 is 0 Å². The Morgan fingerprint density at radius 2 is 2.06 bits per heavy atom. The Labute approximate surface area is 101 Å². The summed E-state index contributed by atoms with van der Waals surface area (Å²) in [5, 5.41) is 0. The smallest absolute Gasteiger partial charge is 0.163 e. The molecule has 0 spiro atoms. The molecule has 0 atom stereocenters. The van der Waals surface area contributed by atoms with Crippen molar-refractivity contribution in [1.82, 2.24) is 4.90 Å². The van der Waals surface area contributed by atoms with E-state index in [1.54, 1.807) is 13.0 Å². The normalized spacial score (nSPS) is 10.7. The number of Topliss-reactive ketones (excluding diaryl/α,β-unsaturated/α-hetero) is 1. The van der Waals surface area contributed by atoms with Gasteiger partial charge in [0.2, 0.25) is 0 Å². The zero-order valence-corrected chi connectivity index (χ0v) is 10.7. The maximum atomic E-state index is 13.4. The van der Waals surface area contributed by atoms with E-state index in [-0.39, 0.29) is 11.6 Å². The van der Waals surface area contributed by atoms with E-state index in [4.69, 9.17) is 4.74 Å². The minimum absolute atomic E-state index is 0.191. The maximum absolute atomic E-state index is 13.4. The molecule has 0 aliphatic heterocycles. The van der Waals surface area contributed by atoms with E-state index in [0.717, 1.165) is 6.54 Å². The Morgan fingerprint density at radius 3 is 2.59 bits per heavy atom. The largest absolute Gasteiger partial charge is 0.491 e.